The summed E-state index contributed by atoms with van der Waals surface area (Å²) in [7, 11) is 0. The van der Waals surface area contributed by atoms with Gasteiger partial charge in [0.1, 0.15) is 12.0 Å². The monoisotopic (exact) mass is 341 g/mol. The second kappa shape index (κ2) is 7.83. The zero-order valence-electron chi connectivity index (χ0n) is 14.3. The van der Waals surface area contributed by atoms with Gasteiger partial charge < -0.3 is 21.1 Å². The summed E-state index contributed by atoms with van der Waals surface area (Å²) in [4.78, 5) is 20.2. The average molecular weight is 341 g/mol. The van der Waals surface area contributed by atoms with Crippen LogP contribution in [-0.4, -0.2) is 28.6 Å². The fraction of sp³-hybridized carbons (Fsp3) is 0.389. The van der Waals surface area contributed by atoms with Gasteiger partial charge in [-0.25, -0.2) is 14.8 Å². The largest absolute Gasteiger partial charge is 0.462 e. The summed E-state index contributed by atoms with van der Waals surface area (Å²) >= 11 is 0. The lowest BCUT2D eigenvalue weighted by molar-refractivity contribution is 0.0526. The van der Waals surface area contributed by atoms with E-state index in [9.17, 15) is 4.79 Å². The highest BCUT2D eigenvalue weighted by atomic mass is 16.5. The normalized spacial score (nSPS) is 14.3. The Morgan fingerprint density at radius 3 is 2.56 bits per heavy atom. The summed E-state index contributed by atoms with van der Waals surface area (Å²) in [6.45, 7) is 2.13. The van der Waals surface area contributed by atoms with Crippen LogP contribution in [0.5, 0.6) is 0 Å². The van der Waals surface area contributed by atoms with E-state index in [0.29, 0.717) is 35.5 Å². The fourth-order valence-electron chi connectivity index (χ4n) is 2.91. The molecule has 0 saturated heterocycles. The number of carbonyl (C=O) groups is 1. The number of ether oxygens (including phenoxy) is 1. The van der Waals surface area contributed by atoms with Crippen molar-refractivity contribution in [3.8, 4) is 0 Å². The molecule has 4 N–H and O–H groups in total. The van der Waals surface area contributed by atoms with Gasteiger partial charge in [-0.05, 0) is 44.0 Å². The quantitative estimate of drug-likeness (QED) is 0.693. The molecular weight excluding hydrogens is 318 g/mol. The van der Waals surface area contributed by atoms with Crippen molar-refractivity contribution in [2.24, 2.45) is 0 Å². The van der Waals surface area contributed by atoms with Gasteiger partial charge in [-0.1, -0.05) is 12.8 Å². The van der Waals surface area contributed by atoms with E-state index in [1.165, 1.54) is 19.2 Å². The molecule has 1 aliphatic rings. The van der Waals surface area contributed by atoms with E-state index >= 15 is 0 Å². The third-order valence-electron chi connectivity index (χ3n) is 4.24. The molecular formula is C18H23N5O2. The van der Waals surface area contributed by atoms with Crippen LogP contribution in [0, 0.1) is 0 Å². The maximum absolute atomic E-state index is 11.7. The number of rotatable bonds is 6. The summed E-state index contributed by atoms with van der Waals surface area (Å²) in [6, 6.07) is 7.41. The van der Waals surface area contributed by atoms with Crippen molar-refractivity contribution in [2.45, 2.75) is 38.6 Å². The van der Waals surface area contributed by atoms with Crippen molar-refractivity contribution in [3.63, 3.8) is 0 Å². The third kappa shape index (κ3) is 4.17. The summed E-state index contributed by atoms with van der Waals surface area (Å²) in [5, 5.41) is 6.56. The number of nitrogens with one attached hydrogen (secondary N) is 2. The first-order valence-corrected chi connectivity index (χ1v) is 8.58. The van der Waals surface area contributed by atoms with Crippen molar-refractivity contribution in [3.05, 3.63) is 36.2 Å². The first-order chi connectivity index (χ1) is 12.2. The first-order valence-electron chi connectivity index (χ1n) is 8.58. The van der Waals surface area contributed by atoms with Gasteiger partial charge in [0, 0.05) is 11.7 Å². The molecule has 0 spiro atoms. The summed E-state index contributed by atoms with van der Waals surface area (Å²) in [6.07, 6.45) is 6.24. The zero-order valence-corrected chi connectivity index (χ0v) is 14.3. The van der Waals surface area contributed by atoms with Crippen LogP contribution in [0.3, 0.4) is 0 Å². The molecule has 1 aliphatic carbocycles. The molecule has 1 fully saturated rings. The number of nitrogen functional groups attached to an aromatic ring is 1. The number of nitrogens with two attached hydrogens (primary N) is 1. The van der Waals surface area contributed by atoms with Crippen molar-refractivity contribution in [2.75, 3.05) is 23.0 Å². The number of nitrogens with zero attached hydrogens (tertiary/aromatic N) is 2. The minimum atomic E-state index is -0.335. The standard InChI is InChI=1S/C18H23N5O2/c1-2-25-18(24)12-7-9-14(10-8-12)23-17-15(19)16(20-11-21-17)22-13-5-3-4-6-13/h7-11,13H,2-6,19H2,1H3,(H2,20,21,22,23). The number of esters is 1. The van der Waals surface area contributed by atoms with Crippen LogP contribution in [0.2, 0.25) is 0 Å². The highest BCUT2D eigenvalue weighted by Crippen LogP contribution is 2.29. The molecule has 0 amide bonds. The second-order valence-electron chi connectivity index (χ2n) is 6.03. The zero-order chi connectivity index (χ0) is 17.6. The van der Waals surface area contributed by atoms with E-state index in [1.807, 2.05) is 0 Å². The summed E-state index contributed by atoms with van der Waals surface area (Å²) in [5.74, 6) is 0.866. The molecule has 0 aliphatic heterocycles. The van der Waals surface area contributed by atoms with E-state index in [1.54, 1.807) is 31.2 Å². The summed E-state index contributed by atoms with van der Waals surface area (Å²) < 4.78 is 4.98. The van der Waals surface area contributed by atoms with Crippen LogP contribution in [0.15, 0.2) is 30.6 Å². The molecule has 2 aromatic rings. The van der Waals surface area contributed by atoms with Crippen LogP contribution >= 0.6 is 0 Å². The number of aromatic nitrogens is 2. The van der Waals surface area contributed by atoms with Crippen LogP contribution in [-0.2, 0) is 4.74 Å². The van der Waals surface area contributed by atoms with Gasteiger partial charge in [-0.3, -0.25) is 0 Å². The molecule has 3 rings (SSSR count). The van der Waals surface area contributed by atoms with E-state index < -0.39 is 0 Å². The average Bonchev–Trinajstić information content (AvgIpc) is 3.12. The Kier molecular flexibility index (Phi) is 5.33. The van der Waals surface area contributed by atoms with Gasteiger partial charge in [-0.2, -0.15) is 0 Å². The van der Waals surface area contributed by atoms with E-state index in [2.05, 4.69) is 20.6 Å². The van der Waals surface area contributed by atoms with E-state index in [-0.39, 0.29) is 5.97 Å². The molecule has 7 nitrogen and oxygen atoms in total. The maximum atomic E-state index is 11.7. The minimum absolute atomic E-state index is 0.335. The van der Waals surface area contributed by atoms with Gasteiger partial charge in [0.05, 0.1) is 12.2 Å². The highest BCUT2D eigenvalue weighted by Gasteiger charge is 2.17. The van der Waals surface area contributed by atoms with Gasteiger partial charge in [-0.15, -0.1) is 0 Å². The highest BCUT2D eigenvalue weighted by molar-refractivity contribution is 5.90. The molecule has 1 saturated carbocycles. The Bertz CT molecular complexity index is 727. The lowest BCUT2D eigenvalue weighted by Gasteiger charge is -2.16. The third-order valence-corrected chi connectivity index (χ3v) is 4.24. The molecule has 1 heterocycles. The summed E-state index contributed by atoms with van der Waals surface area (Å²) in [5.41, 5.74) is 7.98. The van der Waals surface area contributed by atoms with E-state index in [4.69, 9.17) is 10.5 Å². The maximum Gasteiger partial charge on any atom is 0.338 e. The Labute approximate surface area is 147 Å². The second-order valence-corrected chi connectivity index (χ2v) is 6.03. The van der Waals surface area contributed by atoms with Gasteiger partial charge in [0.2, 0.25) is 0 Å². The molecule has 0 bridgehead atoms. The predicted octanol–water partition coefficient (Wildman–Crippen LogP) is 3.33. The van der Waals surface area contributed by atoms with Gasteiger partial charge in [0.25, 0.3) is 0 Å². The first kappa shape index (κ1) is 17.0. The van der Waals surface area contributed by atoms with Crippen molar-refractivity contribution < 1.29 is 9.53 Å². The van der Waals surface area contributed by atoms with Crippen LogP contribution < -0.4 is 16.4 Å². The van der Waals surface area contributed by atoms with Crippen LogP contribution in [0.4, 0.5) is 23.0 Å². The Balaban J connectivity index is 1.71. The molecule has 132 valence electrons. The van der Waals surface area contributed by atoms with Gasteiger partial charge in [0.15, 0.2) is 11.6 Å². The van der Waals surface area contributed by atoms with Crippen LogP contribution in [0.1, 0.15) is 43.0 Å². The Morgan fingerprint density at radius 2 is 1.88 bits per heavy atom. The fourth-order valence-corrected chi connectivity index (χ4v) is 2.91. The SMILES string of the molecule is CCOC(=O)c1ccc(Nc2ncnc(NC3CCCC3)c2N)cc1. The number of hydrogen-bond donors (Lipinski definition) is 3. The Hall–Kier alpha value is -2.83. The predicted molar refractivity (Wildman–Crippen MR) is 98.0 cm³/mol. The smallest absolute Gasteiger partial charge is 0.338 e. The van der Waals surface area contributed by atoms with Crippen LogP contribution in [0.25, 0.3) is 0 Å². The molecule has 7 heteroatoms. The van der Waals surface area contributed by atoms with Crippen molar-refractivity contribution in [1.82, 2.24) is 9.97 Å². The molecule has 25 heavy (non-hydrogen) atoms. The van der Waals surface area contributed by atoms with Crippen molar-refractivity contribution in [1.29, 1.82) is 0 Å². The van der Waals surface area contributed by atoms with Crippen molar-refractivity contribution >= 4 is 29.0 Å². The van der Waals surface area contributed by atoms with E-state index in [0.717, 1.165) is 18.5 Å². The lowest BCUT2D eigenvalue weighted by atomic mass is 10.2. The number of hydrogen-bond acceptors (Lipinski definition) is 7. The molecule has 1 aromatic carbocycles. The number of carbonyl (C=O) groups excluding carboxylic acids is 1. The molecule has 0 unspecified atom stereocenters. The molecule has 0 atom stereocenters. The van der Waals surface area contributed by atoms with Gasteiger partial charge >= 0.3 is 5.97 Å². The molecule has 1 aromatic heterocycles. The number of benzene rings is 1. The topological polar surface area (TPSA) is 102 Å². The minimum Gasteiger partial charge on any atom is -0.462 e. The lowest BCUT2D eigenvalue weighted by Crippen LogP contribution is -2.17. The number of anilines is 4. The Morgan fingerprint density at radius 1 is 1.20 bits per heavy atom. The molecule has 0 radical (unpaired) electrons.